The van der Waals surface area contributed by atoms with E-state index in [1.807, 2.05) is 18.2 Å². The van der Waals surface area contributed by atoms with Gasteiger partial charge in [0.2, 0.25) is 0 Å². The molecule has 0 saturated carbocycles. The molecular formula is C17H26Cl2N2. The van der Waals surface area contributed by atoms with Crippen molar-refractivity contribution in [1.29, 1.82) is 0 Å². The molecule has 2 N–H and O–H groups in total. The van der Waals surface area contributed by atoms with E-state index in [0.717, 1.165) is 34.6 Å². The van der Waals surface area contributed by atoms with Crippen LogP contribution in [0.1, 0.15) is 50.6 Å². The average Bonchev–Trinajstić information content (AvgIpc) is 2.70. The lowest BCUT2D eigenvalue weighted by molar-refractivity contribution is 0.206. The molecule has 2 nitrogen and oxygen atoms in total. The summed E-state index contributed by atoms with van der Waals surface area (Å²) in [4.78, 5) is 2.49. The number of nitrogens with zero attached hydrogens (tertiary/aromatic N) is 1. The van der Waals surface area contributed by atoms with Crippen molar-refractivity contribution in [3.63, 3.8) is 0 Å². The second kappa shape index (κ2) is 8.38. The number of hydrogen-bond donors (Lipinski definition) is 1. The smallest absolute Gasteiger partial charge is 0.0485 e. The fourth-order valence-electron chi connectivity index (χ4n) is 3.44. The molecule has 0 aromatic heterocycles. The molecule has 1 heterocycles. The lowest BCUT2D eigenvalue weighted by atomic mass is 9.96. The van der Waals surface area contributed by atoms with Gasteiger partial charge in [0.05, 0.1) is 0 Å². The molecular weight excluding hydrogens is 303 g/mol. The number of benzene rings is 1. The maximum absolute atomic E-state index is 6.37. The number of rotatable bonds is 5. The molecule has 0 bridgehead atoms. The topological polar surface area (TPSA) is 29.3 Å². The molecule has 1 aromatic rings. The Bertz CT molecular complexity index is 450. The Kier molecular flexibility index (Phi) is 6.81. The third kappa shape index (κ3) is 4.59. The Labute approximate surface area is 138 Å². The first-order valence-corrected chi connectivity index (χ1v) is 8.80. The van der Waals surface area contributed by atoms with Gasteiger partial charge >= 0.3 is 0 Å². The maximum atomic E-state index is 6.37. The van der Waals surface area contributed by atoms with Crippen molar-refractivity contribution in [2.75, 3.05) is 19.6 Å². The van der Waals surface area contributed by atoms with Crippen molar-refractivity contribution in [2.24, 2.45) is 11.7 Å². The summed E-state index contributed by atoms with van der Waals surface area (Å²) in [5, 5.41) is 1.50. The molecule has 1 aromatic carbocycles. The van der Waals surface area contributed by atoms with E-state index < -0.39 is 0 Å². The third-order valence-corrected chi connectivity index (χ3v) is 5.14. The Balaban J connectivity index is 2.12. The van der Waals surface area contributed by atoms with Crippen molar-refractivity contribution >= 4 is 23.2 Å². The van der Waals surface area contributed by atoms with Crippen LogP contribution in [0.3, 0.4) is 0 Å². The number of hydrogen-bond acceptors (Lipinski definition) is 2. The van der Waals surface area contributed by atoms with Crippen LogP contribution in [-0.4, -0.2) is 24.5 Å². The van der Waals surface area contributed by atoms with E-state index in [9.17, 15) is 0 Å². The number of halogens is 2. The van der Waals surface area contributed by atoms with E-state index in [4.69, 9.17) is 28.9 Å². The maximum Gasteiger partial charge on any atom is 0.0485 e. The summed E-state index contributed by atoms with van der Waals surface area (Å²) in [6.45, 7) is 5.07. The lowest BCUT2D eigenvalue weighted by Gasteiger charge is -2.31. The molecule has 0 radical (unpaired) electrons. The first-order valence-electron chi connectivity index (χ1n) is 8.04. The van der Waals surface area contributed by atoms with Crippen LogP contribution in [0.2, 0.25) is 10.0 Å². The normalized spacial score (nSPS) is 22.0. The summed E-state index contributed by atoms with van der Waals surface area (Å²) < 4.78 is 0. The summed E-state index contributed by atoms with van der Waals surface area (Å²) in [5.74, 6) is 0.869. The molecule has 21 heavy (non-hydrogen) atoms. The Morgan fingerprint density at radius 1 is 1.29 bits per heavy atom. The molecule has 0 spiro atoms. The summed E-state index contributed by atoms with van der Waals surface area (Å²) in [5.41, 5.74) is 7.13. The van der Waals surface area contributed by atoms with Crippen LogP contribution in [0, 0.1) is 5.92 Å². The van der Waals surface area contributed by atoms with E-state index in [2.05, 4.69) is 11.8 Å². The van der Waals surface area contributed by atoms with Crippen molar-refractivity contribution in [1.82, 2.24) is 4.90 Å². The highest BCUT2D eigenvalue weighted by atomic mass is 35.5. The molecule has 0 amide bonds. The number of nitrogens with two attached hydrogens (primary N) is 1. The summed E-state index contributed by atoms with van der Waals surface area (Å²) >= 11 is 12.5. The van der Waals surface area contributed by atoms with Crippen LogP contribution in [0.4, 0.5) is 0 Å². The molecule has 4 heteroatoms. The van der Waals surface area contributed by atoms with Crippen molar-refractivity contribution < 1.29 is 0 Å². The fourth-order valence-corrected chi connectivity index (χ4v) is 3.86. The molecule has 1 fully saturated rings. The van der Waals surface area contributed by atoms with Gasteiger partial charge in [-0.2, -0.15) is 0 Å². The zero-order chi connectivity index (χ0) is 15.2. The minimum absolute atomic E-state index is 0.177. The van der Waals surface area contributed by atoms with Gasteiger partial charge in [-0.15, -0.1) is 0 Å². The first-order chi connectivity index (χ1) is 10.2. The quantitative estimate of drug-likeness (QED) is 0.833. The predicted molar refractivity (Wildman–Crippen MR) is 92.1 cm³/mol. The molecule has 0 aliphatic carbocycles. The predicted octanol–water partition coefficient (Wildman–Crippen LogP) is 4.90. The van der Waals surface area contributed by atoms with Crippen LogP contribution < -0.4 is 5.73 Å². The molecule has 2 rings (SSSR count). The van der Waals surface area contributed by atoms with E-state index in [-0.39, 0.29) is 6.04 Å². The molecule has 1 aliphatic heterocycles. The lowest BCUT2D eigenvalue weighted by Crippen LogP contribution is -2.34. The molecule has 118 valence electrons. The van der Waals surface area contributed by atoms with Gasteiger partial charge in [-0.3, -0.25) is 4.90 Å². The highest BCUT2D eigenvalue weighted by molar-refractivity contribution is 6.33. The van der Waals surface area contributed by atoms with Gasteiger partial charge in [-0.05, 0) is 62.0 Å². The van der Waals surface area contributed by atoms with E-state index in [1.165, 1.54) is 32.1 Å². The zero-order valence-corrected chi connectivity index (χ0v) is 14.3. The zero-order valence-electron chi connectivity index (χ0n) is 12.8. The number of likely N-dealkylation sites (tertiary alicyclic amines) is 1. The van der Waals surface area contributed by atoms with Crippen LogP contribution in [0.5, 0.6) is 0 Å². The van der Waals surface area contributed by atoms with Gasteiger partial charge in [-0.1, -0.05) is 43.0 Å². The van der Waals surface area contributed by atoms with Crippen LogP contribution >= 0.6 is 23.2 Å². The summed E-state index contributed by atoms with van der Waals surface area (Å²) in [7, 11) is 0. The summed E-state index contributed by atoms with van der Waals surface area (Å²) in [6, 6.07) is 5.85. The van der Waals surface area contributed by atoms with Crippen LogP contribution in [0.15, 0.2) is 18.2 Å². The minimum atomic E-state index is 0.177. The third-order valence-electron chi connectivity index (χ3n) is 4.56. The van der Waals surface area contributed by atoms with Gasteiger partial charge in [0, 0.05) is 22.6 Å². The Morgan fingerprint density at radius 3 is 2.81 bits per heavy atom. The highest BCUT2D eigenvalue weighted by Crippen LogP contribution is 2.32. The van der Waals surface area contributed by atoms with E-state index >= 15 is 0 Å². The van der Waals surface area contributed by atoms with E-state index in [1.54, 1.807) is 0 Å². The van der Waals surface area contributed by atoms with Crippen LogP contribution in [0.25, 0.3) is 0 Å². The van der Waals surface area contributed by atoms with Gasteiger partial charge in [0.15, 0.2) is 0 Å². The van der Waals surface area contributed by atoms with Crippen LogP contribution in [-0.2, 0) is 0 Å². The Morgan fingerprint density at radius 2 is 2.10 bits per heavy atom. The summed E-state index contributed by atoms with van der Waals surface area (Å²) in [6.07, 6.45) is 6.48. The van der Waals surface area contributed by atoms with E-state index in [0.29, 0.717) is 6.54 Å². The van der Waals surface area contributed by atoms with Gasteiger partial charge in [0.25, 0.3) is 0 Å². The molecule has 1 saturated heterocycles. The largest absolute Gasteiger partial charge is 0.329 e. The fraction of sp³-hybridized carbons (Fsp3) is 0.647. The molecule has 2 atom stereocenters. The Hall–Kier alpha value is -0.280. The first kappa shape index (κ1) is 17.1. The second-order valence-corrected chi connectivity index (χ2v) is 6.88. The van der Waals surface area contributed by atoms with Crippen molar-refractivity contribution in [2.45, 2.75) is 45.1 Å². The minimum Gasteiger partial charge on any atom is -0.329 e. The highest BCUT2D eigenvalue weighted by Gasteiger charge is 2.24. The van der Waals surface area contributed by atoms with Crippen molar-refractivity contribution in [3.05, 3.63) is 33.8 Å². The SMILES string of the molecule is CCCC1CCCN(C(CN)c2cc(Cl)ccc2Cl)CC1. The molecule has 1 aliphatic rings. The molecule has 2 unspecified atom stereocenters. The standard InChI is InChI=1S/C17H26Cl2N2/c1-2-4-13-5-3-9-21(10-8-13)17(12-20)15-11-14(18)6-7-16(15)19/h6-7,11,13,17H,2-5,8-10,12,20H2,1H3. The van der Waals surface area contributed by atoms with Gasteiger partial charge < -0.3 is 5.73 Å². The average molecular weight is 329 g/mol. The second-order valence-electron chi connectivity index (χ2n) is 6.04. The van der Waals surface area contributed by atoms with Gasteiger partial charge in [0.1, 0.15) is 0 Å². The van der Waals surface area contributed by atoms with Gasteiger partial charge in [-0.25, -0.2) is 0 Å². The monoisotopic (exact) mass is 328 g/mol. The van der Waals surface area contributed by atoms with Crippen molar-refractivity contribution in [3.8, 4) is 0 Å².